The number of fused-ring (bicyclic) bond motifs is 4. The van der Waals surface area contributed by atoms with Gasteiger partial charge < -0.3 is 24.1 Å². The van der Waals surface area contributed by atoms with Gasteiger partial charge in [0, 0.05) is 38.5 Å². The first kappa shape index (κ1) is 16.5. The van der Waals surface area contributed by atoms with Gasteiger partial charge in [-0.15, -0.1) is 0 Å². The van der Waals surface area contributed by atoms with Gasteiger partial charge in [0.05, 0.1) is 18.8 Å². The molecule has 4 rings (SSSR count). The molecule has 0 unspecified atom stereocenters. The van der Waals surface area contributed by atoms with Crippen molar-refractivity contribution in [1.29, 1.82) is 0 Å². The molecule has 1 saturated heterocycles. The van der Waals surface area contributed by atoms with Crippen molar-refractivity contribution in [1.82, 2.24) is 0 Å². The van der Waals surface area contributed by atoms with Crippen molar-refractivity contribution in [2.75, 3.05) is 27.4 Å². The van der Waals surface area contributed by atoms with Crippen molar-refractivity contribution in [2.24, 2.45) is 0 Å². The average molecular weight is 334 g/mol. The minimum atomic E-state index is -0.828. The molecule has 2 aliphatic carbocycles. The Labute approximate surface area is 142 Å². The van der Waals surface area contributed by atoms with E-state index < -0.39 is 17.7 Å². The Morgan fingerprint density at radius 3 is 2.50 bits per heavy atom. The van der Waals surface area contributed by atoms with E-state index in [0.717, 1.165) is 43.6 Å². The Kier molecular flexibility index (Phi) is 4.17. The van der Waals surface area contributed by atoms with Gasteiger partial charge in [0.25, 0.3) is 0 Å². The Morgan fingerprint density at radius 2 is 1.83 bits per heavy atom. The summed E-state index contributed by atoms with van der Waals surface area (Å²) >= 11 is 0. The van der Waals surface area contributed by atoms with Crippen molar-refractivity contribution in [3.8, 4) is 0 Å². The molecule has 1 saturated carbocycles. The van der Waals surface area contributed by atoms with E-state index in [1.165, 1.54) is 5.56 Å². The minimum absolute atomic E-state index is 0.0497. The van der Waals surface area contributed by atoms with Gasteiger partial charge in [-0.2, -0.15) is 0 Å². The van der Waals surface area contributed by atoms with Crippen LogP contribution in [0.15, 0.2) is 18.2 Å². The van der Waals surface area contributed by atoms with Crippen LogP contribution in [0.2, 0.25) is 0 Å². The largest absolute Gasteiger partial charge is 0.384 e. The fourth-order valence-corrected chi connectivity index (χ4v) is 4.68. The summed E-state index contributed by atoms with van der Waals surface area (Å²) in [5.74, 6) is -0.475. The van der Waals surface area contributed by atoms with Crippen LogP contribution in [0.25, 0.3) is 0 Å². The molecular weight excluding hydrogens is 308 g/mol. The van der Waals surface area contributed by atoms with Crippen LogP contribution in [0.1, 0.15) is 61.0 Å². The smallest absolute Gasteiger partial charge is 0.183 e. The normalized spacial score (nSPS) is 31.2. The van der Waals surface area contributed by atoms with Crippen LogP contribution in [0.4, 0.5) is 0 Å². The van der Waals surface area contributed by atoms with Gasteiger partial charge in [-0.25, -0.2) is 0 Å². The lowest BCUT2D eigenvalue weighted by atomic mass is 9.55. The lowest BCUT2D eigenvalue weighted by Crippen LogP contribution is -2.55. The molecule has 1 N–H and O–H groups in total. The molecule has 1 aromatic carbocycles. The molecule has 5 heteroatoms. The number of rotatable bonds is 3. The lowest BCUT2D eigenvalue weighted by Gasteiger charge is -2.56. The van der Waals surface area contributed by atoms with Crippen molar-refractivity contribution >= 4 is 0 Å². The average Bonchev–Trinajstić information content (AvgIpc) is 2.84. The Hall–Kier alpha value is -0.980. The van der Waals surface area contributed by atoms with Crippen LogP contribution in [-0.4, -0.2) is 38.3 Å². The van der Waals surface area contributed by atoms with E-state index in [-0.39, 0.29) is 5.92 Å². The number of ether oxygens (including phenoxy) is 4. The van der Waals surface area contributed by atoms with Gasteiger partial charge in [-0.1, -0.05) is 18.2 Å². The van der Waals surface area contributed by atoms with Crippen molar-refractivity contribution in [3.63, 3.8) is 0 Å². The highest BCUT2D eigenvalue weighted by Crippen LogP contribution is 2.62. The van der Waals surface area contributed by atoms with Crippen molar-refractivity contribution in [2.45, 2.75) is 55.7 Å². The van der Waals surface area contributed by atoms with Gasteiger partial charge in [-0.3, -0.25) is 0 Å². The second-order valence-corrected chi connectivity index (χ2v) is 7.11. The molecule has 5 nitrogen and oxygen atoms in total. The summed E-state index contributed by atoms with van der Waals surface area (Å²) in [4.78, 5) is 0. The zero-order chi connectivity index (χ0) is 16.8. The molecule has 1 aliphatic heterocycles. The van der Waals surface area contributed by atoms with E-state index in [1.807, 2.05) is 12.1 Å². The number of hydrogen-bond acceptors (Lipinski definition) is 5. The van der Waals surface area contributed by atoms with E-state index in [9.17, 15) is 5.11 Å². The van der Waals surface area contributed by atoms with Gasteiger partial charge in [0.2, 0.25) is 0 Å². The number of benzene rings is 1. The fourth-order valence-electron chi connectivity index (χ4n) is 4.68. The van der Waals surface area contributed by atoms with Crippen LogP contribution < -0.4 is 0 Å². The highest BCUT2D eigenvalue weighted by Gasteiger charge is 2.59. The molecule has 1 heterocycles. The topological polar surface area (TPSA) is 57.2 Å². The number of methoxy groups -OCH3 is 2. The van der Waals surface area contributed by atoms with Crippen LogP contribution in [0, 0.1) is 0 Å². The Morgan fingerprint density at radius 1 is 1.12 bits per heavy atom. The standard InChI is InChI=1S/C19H26O5/c1-21-17(22-2)14-7-5-6-13-15-12-18(23-10-3-4-11-24-18)8-9-19(15,20)16(13)14/h5-7,15,17,20H,3-4,8-12H2,1-2H3/t15-,19-/m1/s1. The first-order valence-electron chi connectivity index (χ1n) is 8.83. The molecule has 1 aromatic rings. The molecule has 1 spiro atoms. The summed E-state index contributed by atoms with van der Waals surface area (Å²) in [6.07, 6.45) is 3.71. The summed E-state index contributed by atoms with van der Waals surface area (Å²) in [6, 6.07) is 6.08. The summed E-state index contributed by atoms with van der Waals surface area (Å²) in [5, 5.41) is 11.4. The minimum Gasteiger partial charge on any atom is -0.384 e. The van der Waals surface area contributed by atoms with E-state index >= 15 is 0 Å². The van der Waals surface area contributed by atoms with Gasteiger partial charge in [-0.05, 0) is 30.4 Å². The highest BCUT2D eigenvalue weighted by atomic mass is 16.7. The third-order valence-corrected chi connectivity index (χ3v) is 5.87. The van der Waals surface area contributed by atoms with E-state index in [0.29, 0.717) is 12.8 Å². The van der Waals surface area contributed by atoms with Crippen molar-refractivity contribution < 1.29 is 24.1 Å². The summed E-state index contributed by atoms with van der Waals surface area (Å²) in [5.41, 5.74) is 2.25. The van der Waals surface area contributed by atoms with Crippen LogP contribution >= 0.6 is 0 Å². The predicted molar refractivity (Wildman–Crippen MR) is 87.6 cm³/mol. The van der Waals surface area contributed by atoms with Crippen LogP contribution in [0.5, 0.6) is 0 Å². The molecule has 24 heavy (non-hydrogen) atoms. The molecule has 2 fully saturated rings. The number of aliphatic hydroxyl groups is 1. The first-order valence-corrected chi connectivity index (χ1v) is 8.83. The molecular formula is C19H26O5. The van der Waals surface area contributed by atoms with Gasteiger partial charge >= 0.3 is 0 Å². The Bertz CT molecular complexity index is 604. The van der Waals surface area contributed by atoms with Crippen LogP contribution in [-0.2, 0) is 24.5 Å². The highest BCUT2D eigenvalue weighted by molar-refractivity contribution is 5.53. The maximum absolute atomic E-state index is 11.4. The quantitative estimate of drug-likeness (QED) is 0.861. The summed E-state index contributed by atoms with van der Waals surface area (Å²) in [6.45, 7) is 1.49. The molecule has 0 amide bonds. The van der Waals surface area contributed by atoms with Gasteiger partial charge in [0.15, 0.2) is 12.1 Å². The van der Waals surface area contributed by atoms with Crippen molar-refractivity contribution in [3.05, 3.63) is 34.9 Å². The molecule has 0 aromatic heterocycles. The Balaban J connectivity index is 1.67. The first-order chi connectivity index (χ1) is 11.6. The summed E-state index contributed by atoms with van der Waals surface area (Å²) in [7, 11) is 3.24. The molecule has 2 atom stereocenters. The van der Waals surface area contributed by atoms with E-state index in [2.05, 4.69) is 6.07 Å². The zero-order valence-electron chi connectivity index (χ0n) is 14.4. The van der Waals surface area contributed by atoms with E-state index in [4.69, 9.17) is 18.9 Å². The molecule has 0 bridgehead atoms. The van der Waals surface area contributed by atoms with Crippen LogP contribution in [0.3, 0.4) is 0 Å². The SMILES string of the molecule is COC(OC)c1cccc2c1[C@@]1(O)CCC3(C[C@H]21)OCCCCO3. The molecule has 3 aliphatic rings. The van der Waals surface area contributed by atoms with Gasteiger partial charge in [0.1, 0.15) is 0 Å². The molecule has 132 valence electrons. The third kappa shape index (κ3) is 2.34. The lowest BCUT2D eigenvalue weighted by molar-refractivity contribution is -0.269. The number of hydrogen-bond donors (Lipinski definition) is 1. The maximum atomic E-state index is 11.4. The predicted octanol–water partition coefficient (Wildman–Crippen LogP) is 2.97. The third-order valence-electron chi connectivity index (χ3n) is 5.87. The maximum Gasteiger partial charge on any atom is 0.183 e. The fraction of sp³-hybridized carbons (Fsp3) is 0.684. The second-order valence-electron chi connectivity index (χ2n) is 7.11. The summed E-state index contributed by atoms with van der Waals surface area (Å²) < 4.78 is 23.0. The second kappa shape index (κ2) is 6.07. The zero-order valence-corrected chi connectivity index (χ0v) is 14.4. The monoisotopic (exact) mass is 334 g/mol. The van der Waals surface area contributed by atoms with E-state index in [1.54, 1.807) is 14.2 Å². The molecule has 0 radical (unpaired) electrons.